The lowest BCUT2D eigenvalue weighted by Crippen LogP contribution is -1.95. The molecule has 0 aliphatic rings. The van der Waals surface area contributed by atoms with Crippen molar-refractivity contribution in [2.45, 2.75) is 33.2 Å². The number of imidazole rings is 1. The van der Waals surface area contributed by atoms with Gasteiger partial charge in [0.15, 0.2) is 5.65 Å². The molecule has 3 nitrogen and oxygen atoms in total. The van der Waals surface area contributed by atoms with E-state index in [4.69, 9.17) is 0 Å². The van der Waals surface area contributed by atoms with Crippen LogP contribution in [0, 0.1) is 0 Å². The van der Waals surface area contributed by atoms with Crippen LogP contribution in [-0.2, 0) is 6.54 Å². The van der Waals surface area contributed by atoms with Gasteiger partial charge in [0, 0.05) is 12.7 Å². The van der Waals surface area contributed by atoms with Gasteiger partial charge in [-0.1, -0.05) is 13.8 Å². The van der Waals surface area contributed by atoms with Gasteiger partial charge in [0.2, 0.25) is 0 Å². The molecule has 0 saturated carbocycles. The third-order valence-electron chi connectivity index (χ3n) is 2.50. The summed E-state index contributed by atoms with van der Waals surface area (Å²) >= 11 is 0. The fourth-order valence-corrected chi connectivity index (χ4v) is 1.68. The van der Waals surface area contributed by atoms with E-state index < -0.39 is 0 Å². The maximum Gasteiger partial charge on any atom is 0.160 e. The molecule has 0 bridgehead atoms. The van der Waals surface area contributed by atoms with Crippen molar-refractivity contribution >= 4 is 11.2 Å². The van der Waals surface area contributed by atoms with Crippen LogP contribution in [0.25, 0.3) is 11.2 Å². The van der Waals surface area contributed by atoms with Crippen LogP contribution in [0.3, 0.4) is 0 Å². The van der Waals surface area contributed by atoms with Crippen LogP contribution in [0.5, 0.6) is 0 Å². The molecule has 0 unspecified atom stereocenters. The minimum atomic E-state index is 0.501. The highest BCUT2D eigenvalue weighted by Gasteiger charge is 2.09. The van der Waals surface area contributed by atoms with E-state index in [2.05, 4.69) is 41.4 Å². The van der Waals surface area contributed by atoms with E-state index in [1.54, 1.807) is 0 Å². The second kappa shape index (κ2) is 3.40. The molecule has 0 radical (unpaired) electrons. The maximum absolute atomic E-state index is 4.41. The van der Waals surface area contributed by atoms with Crippen molar-refractivity contribution < 1.29 is 0 Å². The van der Waals surface area contributed by atoms with Gasteiger partial charge < -0.3 is 4.57 Å². The second-order valence-corrected chi connectivity index (χ2v) is 3.76. The van der Waals surface area contributed by atoms with E-state index in [1.807, 2.05) is 12.5 Å². The Morgan fingerprint density at radius 2 is 2.14 bits per heavy atom. The van der Waals surface area contributed by atoms with E-state index in [1.165, 1.54) is 5.56 Å². The molecule has 2 rings (SSSR count). The van der Waals surface area contributed by atoms with E-state index in [0.29, 0.717) is 5.92 Å². The van der Waals surface area contributed by atoms with Gasteiger partial charge in [0.25, 0.3) is 0 Å². The van der Waals surface area contributed by atoms with Crippen molar-refractivity contribution in [1.29, 1.82) is 0 Å². The van der Waals surface area contributed by atoms with Crippen LogP contribution in [0.4, 0.5) is 0 Å². The third-order valence-corrected chi connectivity index (χ3v) is 2.50. The van der Waals surface area contributed by atoms with Gasteiger partial charge in [0.1, 0.15) is 5.52 Å². The van der Waals surface area contributed by atoms with Crippen molar-refractivity contribution in [1.82, 2.24) is 14.5 Å². The summed E-state index contributed by atoms with van der Waals surface area (Å²) < 4.78 is 2.07. The average Bonchev–Trinajstić information content (AvgIpc) is 2.59. The fraction of sp³-hybridized carbons (Fsp3) is 0.455. The summed E-state index contributed by atoms with van der Waals surface area (Å²) in [6.45, 7) is 7.38. The standard InChI is InChI=1S/C11H15N3/c1-4-14-7-13-10-9(8(2)3)5-6-12-11(10)14/h5-8H,4H2,1-3H3. The summed E-state index contributed by atoms with van der Waals surface area (Å²) in [5, 5.41) is 0. The average molecular weight is 189 g/mol. The molecule has 0 N–H and O–H groups in total. The number of fused-ring (bicyclic) bond motifs is 1. The van der Waals surface area contributed by atoms with Crippen LogP contribution in [-0.4, -0.2) is 14.5 Å². The fourth-order valence-electron chi connectivity index (χ4n) is 1.68. The molecule has 14 heavy (non-hydrogen) atoms. The number of aryl methyl sites for hydroxylation is 1. The van der Waals surface area contributed by atoms with Gasteiger partial charge >= 0.3 is 0 Å². The van der Waals surface area contributed by atoms with E-state index in [0.717, 1.165) is 17.7 Å². The Kier molecular flexibility index (Phi) is 2.23. The van der Waals surface area contributed by atoms with Gasteiger partial charge in [0.05, 0.1) is 6.33 Å². The molecule has 2 heterocycles. The number of hydrogen-bond donors (Lipinski definition) is 0. The van der Waals surface area contributed by atoms with Crippen LogP contribution in [0.15, 0.2) is 18.6 Å². The topological polar surface area (TPSA) is 30.7 Å². The first kappa shape index (κ1) is 9.19. The lowest BCUT2D eigenvalue weighted by atomic mass is 10.0. The Morgan fingerprint density at radius 1 is 1.36 bits per heavy atom. The van der Waals surface area contributed by atoms with Crippen LogP contribution in [0.1, 0.15) is 32.3 Å². The molecule has 0 aliphatic heterocycles. The predicted molar refractivity (Wildman–Crippen MR) is 57.3 cm³/mol. The Balaban J connectivity index is 2.70. The van der Waals surface area contributed by atoms with Crippen molar-refractivity contribution in [2.24, 2.45) is 0 Å². The predicted octanol–water partition coefficient (Wildman–Crippen LogP) is 2.57. The number of hydrogen-bond acceptors (Lipinski definition) is 2. The zero-order valence-corrected chi connectivity index (χ0v) is 8.86. The number of aromatic nitrogens is 3. The lowest BCUT2D eigenvalue weighted by Gasteiger charge is -2.05. The summed E-state index contributed by atoms with van der Waals surface area (Å²) in [4.78, 5) is 8.77. The lowest BCUT2D eigenvalue weighted by molar-refractivity contribution is 0.777. The molecule has 2 aromatic heterocycles. The van der Waals surface area contributed by atoms with Crippen molar-refractivity contribution in [3.05, 3.63) is 24.2 Å². The molecule has 0 spiro atoms. The highest BCUT2D eigenvalue weighted by molar-refractivity contribution is 5.75. The maximum atomic E-state index is 4.41. The molecule has 2 aromatic rings. The van der Waals surface area contributed by atoms with Crippen LogP contribution >= 0.6 is 0 Å². The second-order valence-electron chi connectivity index (χ2n) is 3.76. The summed E-state index contributed by atoms with van der Waals surface area (Å²) in [6.07, 6.45) is 3.73. The normalized spacial score (nSPS) is 11.4. The molecule has 74 valence electrons. The van der Waals surface area contributed by atoms with E-state index in [9.17, 15) is 0 Å². The highest BCUT2D eigenvalue weighted by atomic mass is 15.1. The van der Waals surface area contributed by atoms with E-state index in [-0.39, 0.29) is 0 Å². The Hall–Kier alpha value is -1.38. The van der Waals surface area contributed by atoms with Gasteiger partial charge in [-0.15, -0.1) is 0 Å². The number of pyridine rings is 1. The monoisotopic (exact) mass is 189 g/mol. The minimum Gasteiger partial charge on any atom is -0.316 e. The van der Waals surface area contributed by atoms with Crippen LogP contribution < -0.4 is 0 Å². The zero-order chi connectivity index (χ0) is 10.1. The molecule has 0 saturated heterocycles. The Bertz CT molecular complexity index is 443. The SMILES string of the molecule is CCn1cnc2c(C(C)C)ccnc21. The highest BCUT2D eigenvalue weighted by Crippen LogP contribution is 2.22. The molecule has 0 aliphatic carbocycles. The van der Waals surface area contributed by atoms with Gasteiger partial charge in [-0.3, -0.25) is 0 Å². The summed E-state index contributed by atoms with van der Waals surface area (Å²) in [7, 11) is 0. The Morgan fingerprint density at radius 3 is 2.79 bits per heavy atom. The van der Waals surface area contributed by atoms with Crippen LogP contribution in [0.2, 0.25) is 0 Å². The molecular formula is C11H15N3. The summed E-state index contributed by atoms with van der Waals surface area (Å²) in [5.41, 5.74) is 3.32. The molecule has 0 aromatic carbocycles. The molecule has 0 atom stereocenters. The summed E-state index contributed by atoms with van der Waals surface area (Å²) in [5.74, 6) is 0.501. The first-order valence-electron chi connectivity index (χ1n) is 5.03. The quantitative estimate of drug-likeness (QED) is 0.727. The van der Waals surface area contributed by atoms with E-state index >= 15 is 0 Å². The first-order chi connectivity index (χ1) is 6.74. The third kappa shape index (κ3) is 1.29. The smallest absolute Gasteiger partial charge is 0.160 e. The first-order valence-corrected chi connectivity index (χ1v) is 5.03. The summed E-state index contributed by atoms with van der Waals surface area (Å²) in [6, 6.07) is 2.06. The molecule has 0 amide bonds. The number of nitrogens with zero attached hydrogens (tertiary/aromatic N) is 3. The van der Waals surface area contributed by atoms with Crippen molar-refractivity contribution in [3.8, 4) is 0 Å². The minimum absolute atomic E-state index is 0.501. The Labute approximate surface area is 83.8 Å². The molecule has 0 fully saturated rings. The zero-order valence-electron chi connectivity index (χ0n) is 8.86. The van der Waals surface area contributed by atoms with Gasteiger partial charge in [-0.05, 0) is 24.5 Å². The molecular weight excluding hydrogens is 174 g/mol. The molecule has 3 heteroatoms. The largest absolute Gasteiger partial charge is 0.316 e. The van der Waals surface area contributed by atoms with Gasteiger partial charge in [-0.2, -0.15) is 0 Å². The van der Waals surface area contributed by atoms with Crippen molar-refractivity contribution in [2.75, 3.05) is 0 Å². The number of rotatable bonds is 2. The van der Waals surface area contributed by atoms with Gasteiger partial charge in [-0.25, -0.2) is 9.97 Å². The van der Waals surface area contributed by atoms with Crippen molar-refractivity contribution in [3.63, 3.8) is 0 Å².